The quantitative estimate of drug-likeness (QED) is 0.202. The van der Waals surface area contributed by atoms with Gasteiger partial charge in [0.15, 0.2) is 5.13 Å². The zero-order valence-electron chi connectivity index (χ0n) is 20.1. The van der Waals surface area contributed by atoms with Gasteiger partial charge in [-0.2, -0.15) is 10.5 Å². The number of thioether (sulfide) groups is 1. The molecule has 5 N–H and O–H groups in total. The van der Waals surface area contributed by atoms with Crippen LogP contribution in [0, 0.1) is 28.5 Å². The Balaban J connectivity index is 1.55. The van der Waals surface area contributed by atoms with Gasteiger partial charge in [0, 0.05) is 22.4 Å². The van der Waals surface area contributed by atoms with Crippen LogP contribution in [0.2, 0.25) is 0 Å². The number of nitrogen functional groups attached to an aromatic ring is 1. The molecule has 0 saturated carbocycles. The van der Waals surface area contributed by atoms with Gasteiger partial charge < -0.3 is 21.3 Å². The van der Waals surface area contributed by atoms with E-state index in [-0.39, 0.29) is 29.4 Å². The average molecular weight is 547 g/mol. The van der Waals surface area contributed by atoms with Crippen LogP contribution in [0.4, 0.5) is 21.0 Å². The summed E-state index contributed by atoms with van der Waals surface area (Å²) in [6.07, 6.45) is 0.213. The van der Waals surface area contributed by atoms with Crippen LogP contribution in [0.15, 0.2) is 58.9 Å². The predicted octanol–water partition coefficient (Wildman–Crippen LogP) is 4.99. The van der Waals surface area contributed by atoms with Crippen molar-refractivity contribution in [3.05, 3.63) is 82.1 Å². The van der Waals surface area contributed by atoms with Gasteiger partial charge in [0.1, 0.15) is 34.4 Å². The molecule has 0 bridgehead atoms. The highest BCUT2D eigenvalue weighted by Gasteiger charge is 2.21. The number of nitrogens with two attached hydrogens (primary N) is 1. The van der Waals surface area contributed by atoms with E-state index in [0.717, 1.165) is 11.3 Å². The Morgan fingerprint density at radius 1 is 1.05 bits per heavy atom. The molecule has 0 amide bonds. The number of rotatable bonds is 10. The lowest BCUT2D eigenvalue weighted by Crippen LogP contribution is -2.12. The number of nitrogens with zero attached hydrogens (tertiary/aromatic N) is 4. The molecule has 0 fully saturated rings. The number of nitriles is 2. The second-order valence-corrected chi connectivity index (χ2v) is 10.1. The molecule has 0 unspecified atom stereocenters. The summed E-state index contributed by atoms with van der Waals surface area (Å²) in [6.45, 7) is -0.293. The summed E-state index contributed by atoms with van der Waals surface area (Å²) in [6, 6.07) is 17.6. The molecule has 0 aliphatic carbocycles. The lowest BCUT2D eigenvalue weighted by molar-refractivity contribution is 0.0886. The van der Waals surface area contributed by atoms with Crippen molar-refractivity contribution in [1.29, 1.82) is 10.5 Å². The number of halogens is 1. The highest BCUT2D eigenvalue weighted by molar-refractivity contribution is 7.98. The Hall–Kier alpha value is -4.00. The third kappa shape index (κ3) is 6.46. The lowest BCUT2D eigenvalue weighted by atomic mass is 9.95. The Morgan fingerprint density at radius 2 is 1.76 bits per heavy atom. The van der Waals surface area contributed by atoms with E-state index in [1.165, 1.54) is 35.2 Å². The van der Waals surface area contributed by atoms with Crippen molar-refractivity contribution in [2.45, 2.75) is 29.7 Å². The summed E-state index contributed by atoms with van der Waals surface area (Å²) in [4.78, 5) is 8.89. The number of aryl methyl sites for hydroxylation is 1. The lowest BCUT2D eigenvalue weighted by Gasteiger charge is -2.13. The van der Waals surface area contributed by atoms with E-state index in [1.807, 2.05) is 17.5 Å². The minimum absolute atomic E-state index is 0.0380. The fourth-order valence-corrected chi connectivity index (χ4v) is 5.41. The summed E-state index contributed by atoms with van der Waals surface area (Å²) < 4.78 is 13.1. The SMILES string of the molecule is N#Cc1c(N)nc(SCc2csc(Nc3ccc(F)cc3)n2)c(C#N)c1-c1ccc(CC[C@H](O)CO)cc1. The summed E-state index contributed by atoms with van der Waals surface area (Å²) in [5, 5.41) is 44.5. The number of benzene rings is 2. The van der Waals surface area contributed by atoms with Crippen molar-refractivity contribution in [2.24, 2.45) is 0 Å². The van der Waals surface area contributed by atoms with E-state index in [9.17, 15) is 20.0 Å². The molecular weight excluding hydrogens is 523 g/mol. The van der Waals surface area contributed by atoms with Gasteiger partial charge in [-0.3, -0.25) is 0 Å². The highest BCUT2D eigenvalue weighted by Crippen LogP contribution is 2.37. The minimum Gasteiger partial charge on any atom is -0.394 e. The van der Waals surface area contributed by atoms with Crippen LogP contribution in [0.1, 0.15) is 28.8 Å². The molecular formula is C27H23FN6O2S2. The predicted molar refractivity (Wildman–Crippen MR) is 146 cm³/mol. The summed E-state index contributed by atoms with van der Waals surface area (Å²) in [7, 11) is 0. The normalized spacial score (nSPS) is 11.5. The topological polar surface area (TPSA) is 152 Å². The van der Waals surface area contributed by atoms with Crippen LogP contribution in [0.5, 0.6) is 0 Å². The molecule has 2 aromatic carbocycles. The Bertz CT molecular complexity index is 1490. The first-order chi connectivity index (χ1) is 18.4. The molecule has 192 valence electrons. The number of hydrogen-bond acceptors (Lipinski definition) is 10. The first kappa shape index (κ1) is 27.0. The van der Waals surface area contributed by atoms with Gasteiger partial charge in [-0.25, -0.2) is 14.4 Å². The van der Waals surface area contributed by atoms with Crippen molar-refractivity contribution in [3.63, 3.8) is 0 Å². The van der Waals surface area contributed by atoms with E-state index < -0.39 is 6.10 Å². The molecule has 2 aromatic heterocycles. The largest absolute Gasteiger partial charge is 0.394 e. The Kier molecular flexibility index (Phi) is 8.89. The number of hydrogen-bond donors (Lipinski definition) is 4. The number of thiazole rings is 1. The molecule has 4 aromatic rings. The van der Waals surface area contributed by atoms with E-state index in [0.29, 0.717) is 45.6 Å². The molecule has 38 heavy (non-hydrogen) atoms. The van der Waals surface area contributed by atoms with Crippen LogP contribution in [-0.4, -0.2) is 32.9 Å². The third-order valence-corrected chi connectivity index (χ3v) is 7.45. The first-order valence-electron chi connectivity index (χ1n) is 11.5. The van der Waals surface area contributed by atoms with Crippen molar-refractivity contribution < 1.29 is 14.6 Å². The average Bonchev–Trinajstić information content (AvgIpc) is 3.38. The molecule has 2 heterocycles. The minimum atomic E-state index is -0.780. The number of aliphatic hydroxyl groups is 2. The maximum absolute atomic E-state index is 13.1. The molecule has 8 nitrogen and oxygen atoms in total. The summed E-state index contributed by atoms with van der Waals surface area (Å²) in [5.74, 6) is 0.138. The van der Waals surface area contributed by atoms with Gasteiger partial charge in [0.25, 0.3) is 0 Å². The van der Waals surface area contributed by atoms with Crippen molar-refractivity contribution in [1.82, 2.24) is 9.97 Å². The molecule has 11 heteroatoms. The molecule has 0 aliphatic rings. The second kappa shape index (κ2) is 12.5. The van der Waals surface area contributed by atoms with Gasteiger partial charge in [-0.15, -0.1) is 11.3 Å². The summed E-state index contributed by atoms with van der Waals surface area (Å²) in [5.41, 5.74) is 10.0. The molecule has 0 aliphatic heterocycles. The van der Waals surface area contributed by atoms with Gasteiger partial charge in [0.05, 0.1) is 24.0 Å². The van der Waals surface area contributed by atoms with Gasteiger partial charge in [-0.1, -0.05) is 36.0 Å². The Labute approximate surface area is 227 Å². The van der Waals surface area contributed by atoms with Crippen molar-refractivity contribution >= 4 is 39.7 Å². The smallest absolute Gasteiger partial charge is 0.187 e. The fourth-order valence-electron chi connectivity index (χ4n) is 3.68. The zero-order chi connectivity index (χ0) is 27.1. The fraction of sp³-hybridized carbons (Fsp3) is 0.185. The molecule has 0 spiro atoms. The number of aromatic nitrogens is 2. The third-order valence-electron chi connectivity index (χ3n) is 5.64. The highest BCUT2D eigenvalue weighted by atomic mass is 32.2. The number of pyridine rings is 1. The van der Waals surface area contributed by atoms with Crippen LogP contribution in [0.25, 0.3) is 11.1 Å². The Morgan fingerprint density at radius 3 is 2.42 bits per heavy atom. The first-order valence-corrected chi connectivity index (χ1v) is 13.4. The van der Waals surface area contributed by atoms with Crippen LogP contribution in [-0.2, 0) is 12.2 Å². The standard InChI is InChI=1S/C27H23FN6O2S2/c28-18-6-8-19(9-7-18)32-27-33-20(15-38-27)14-37-26-23(12-30)24(22(11-29)25(31)34-26)17-4-1-16(2-5-17)3-10-21(36)13-35/h1-2,4-9,15,21,35-36H,3,10,13-14H2,(H2,31,34)(H,32,33)/t21-/m0/s1. The molecule has 0 radical (unpaired) electrons. The summed E-state index contributed by atoms with van der Waals surface area (Å²) >= 11 is 2.70. The van der Waals surface area contributed by atoms with E-state index >= 15 is 0 Å². The molecule has 4 rings (SSSR count). The van der Waals surface area contributed by atoms with E-state index in [2.05, 4.69) is 27.4 Å². The van der Waals surface area contributed by atoms with E-state index in [1.54, 1.807) is 24.3 Å². The maximum Gasteiger partial charge on any atom is 0.187 e. The van der Waals surface area contributed by atoms with Crippen molar-refractivity contribution in [3.8, 4) is 23.3 Å². The van der Waals surface area contributed by atoms with Crippen LogP contribution < -0.4 is 11.1 Å². The second-order valence-electron chi connectivity index (χ2n) is 8.29. The molecule has 1 atom stereocenters. The number of nitrogens with one attached hydrogen (secondary N) is 1. The van der Waals surface area contributed by atoms with Crippen LogP contribution in [0.3, 0.4) is 0 Å². The number of anilines is 3. The number of aliphatic hydroxyl groups excluding tert-OH is 2. The van der Waals surface area contributed by atoms with Crippen molar-refractivity contribution in [2.75, 3.05) is 17.7 Å². The van der Waals surface area contributed by atoms with Gasteiger partial charge >= 0.3 is 0 Å². The van der Waals surface area contributed by atoms with E-state index in [4.69, 9.17) is 10.8 Å². The zero-order valence-corrected chi connectivity index (χ0v) is 21.7. The van der Waals surface area contributed by atoms with Gasteiger partial charge in [-0.05, 0) is 48.2 Å². The maximum atomic E-state index is 13.1. The monoisotopic (exact) mass is 546 g/mol. The molecule has 0 saturated heterocycles. The van der Waals surface area contributed by atoms with Crippen LogP contribution >= 0.6 is 23.1 Å². The van der Waals surface area contributed by atoms with Gasteiger partial charge in [0.2, 0.25) is 0 Å².